The molecule has 1 atom stereocenters. The molecular weight excluding hydrogens is 314 g/mol. The van der Waals surface area contributed by atoms with Crippen molar-refractivity contribution in [1.29, 1.82) is 0 Å². The third-order valence-electron chi connectivity index (χ3n) is 4.99. The van der Waals surface area contributed by atoms with Gasteiger partial charge in [0.2, 0.25) is 11.8 Å². The molecule has 1 aromatic rings. The lowest BCUT2D eigenvalue weighted by Gasteiger charge is -2.28. The first-order chi connectivity index (χ1) is 12.0. The van der Waals surface area contributed by atoms with E-state index in [9.17, 15) is 9.59 Å². The fraction of sp³-hybridized carbons (Fsp3) is 0.600. The van der Waals surface area contributed by atoms with E-state index >= 15 is 0 Å². The van der Waals surface area contributed by atoms with Crippen LogP contribution in [0.3, 0.4) is 0 Å². The summed E-state index contributed by atoms with van der Waals surface area (Å²) < 4.78 is 0. The monoisotopic (exact) mass is 345 g/mol. The van der Waals surface area contributed by atoms with Crippen LogP contribution in [0.4, 0.5) is 0 Å². The van der Waals surface area contributed by atoms with Gasteiger partial charge in [0, 0.05) is 24.9 Å². The maximum absolute atomic E-state index is 12.5. The molecule has 1 aliphatic rings. The molecule has 2 N–H and O–H groups in total. The van der Waals surface area contributed by atoms with Gasteiger partial charge in [-0.15, -0.1) is 0 Å². The van der Waals surface area contributed by atoms with Crippen LogP contribution in [0.5, 0.6) is 0 Å². The first-order valence-electron chi connectivity index (χ1n) is 9.25. The number of benzene rings is 1. The summed E-state index contributed by atoms with van der Waals surface area (Å²) in [5, 5.41) is 6.11. The standard InChI is InChI=1S/C20H31N3O2/c1-15(16-7-5-4-6-8-16)22-20(25)18-11-9-17(10-12-18)19(24)21-13-14-23(2)3/h4-8,15,17-18H,9-14H2,1-3H3,(H,21,24)(H,22,25). The normalized spacial score (nSPS) is 21.6. The zero-order chi connectivity index (χ0) is 18.2. The van der Waals surface area contributed by atoms with E-state index in [1.807, 2.05) is 51.4 Å². The van der Waals surface area contributed by atoms with Crippen LogP contribution >= 0.6 is 0 Å². The number of carbonyl (C=O) groups is 2. The third-order valence-corrected chi connectivity index (χ3v) is 4.99. The Morgan fingerprint density at radius 2 is 1.60 bits per heavy atom. The Bertz CT molecular complexity index is 551. The molecule has 1 unspecified atom stereocenters. The zero-order valence-corrected chi connectivity index (χ0v) is 15.6. The Hall–Kier alpha value is -1.88. The van der Waals surface area contributed by atoms with Gasteiger partial charge in [0.25, 0.3) is 0 Å². The van der Waals surface area contributed by atoms with E-state index < -0.39 is 0 Å². The van der Waals surface area contributed by atoms with Gasteiger partial charge in [0.1, 0.15) is 0 Å². The molecule has 5 heteroatoms. The predicted molar refractivity (Wildman–Crippen MR) is 100 cm³/mol. The average molecular weight is 345 g/mol. The van der Waals surface area contributed by atoms with Crippen molar-refractivity contribution in [2.24, 2.45) is 11.8 Å². The molecule has 0 heterocycles. The molecule has 25 heavy (non-hydrogen) atoms. The van der Waals surface area contributed by atoms with Gasteiger partial charge in [-0.2, -0.15) is 0 Å². The molecule has 2 rings (SSSR count). The molecule has 0 aliphatic heterocycles. The van der Waals surface area contributed by atoms with E-state index in [0.717, 1.165) is 37.8 Å². The fourth-order valence-electron chi connectivity index (χ4n) is 3.32. The number of carbonyl (C=O) groups excluding carboxylic acids is 2. The van der Waals surface area contributed by atoms with E-state index in [0.29, 0.717) is 6.54 Å². The molecule has 0 saturated heterocycles. The van der Waals surface area contributed by atoms with Gasteiger partial charge in [-0.25, -0.2) is 0 Å². The number of amides is 2. The Morgan fingerprint density at radius 1 is 1.04 bits per heavy atom. The van der Waals surface area contributed by atoms with Gasteiger partial charge >= 0.3 is 0 Å². The van der Waals surface area contributed by atoms with Gasteiger partial charge in [0.15, 0.2) is 0 Å². The van der Waals surface area contributed by atoms with E-state index in [1.165, 1.54) is 0 Å². The van der Waals surface area contributed by atoms with E-state index in [2.05, 4.69) is 15.5 Å². The summed E-state index contributed by atoms with van der Waals surface area (Å²) in [4.78, 5) is 26.7. The molecule has 0 aromatic heterocycles. The van der Waals surface area contributed by atoms with Crippen LogP contribution in [-0.2, 0) is 9.59 Å². The first kappa shape index (κ1) is 19.4. The van der Waals surface area contributed by atoms with Crippen LogP contribution in [0.2, 0.25) is 0 Å². The summed E-state index contributed by atoms with van der Waals surface area (Å²) in [6, 6.07) is 10.0. The van der Waals surface area contributed by atoms with Crippen molar-refractivity contribution >= 4 is 11.8 Å². The van der Waals surface area contributed by atoms with Gasteiger partial charge in [-0.05, 0) is 52.3 Å². The van der Waals surface area contributed by atoms with E-state index in [-0.39, 0.29) is 29.7 Å². The lowest BCUT2D eigenvalue weighted by Crippen LogP contribution is -2.39. The largest absolute Gasteiger partial charge is 0.355 e. The highest BCUT2D eigenvalue weighted by atomic mass is 16.2. The molecule has 1 aromatic carbocycles. The van der Waals surface area contributed by atoms with E-state index in [4.69, 9.17) is 0 Å². The highest BCUT2D eigenvalue weighted by molar-refractivity contribution is 5.81. The maximum Gasteiger partial charge on any atom is 0.223 e. The zero-order valence-electron chi connectivity index (χ0n) is 15.6. The highest BCUT2D eigenvalue weighted by Crippen LogP contribution is 2.29. The van der Waals surface area contributed by atoms with Crippen LogP contribution in [0.1, 0.15) is 44.2 Å². The number of rotatable bonds is 7. The lowest BCUT2D eigenvalue weighted by atomic mass is 9.81. The summed E-state index contributed by atoms with van der Waals surface area (Å²) in [5.74, 6) is 0.330. The van der Waals surface area contributed by atoms with Crippen molar-refractivity contribution < 1.29 is 9.59 Å². The molecule has 138 valence electrons. The summed E-state index contributed by atoms with van der Waals surface area (Å²) >= 11 is 0. The number of likely N-dealkylation sites (N-methyl/N-ethyl adjacent to an activating group) is 1. The average Bonchev–Trinajstić information content (AvgIpc) is 2.62. The molecular formula is C20H31N3O2. The van der Waals surface area contributed by atoms with Gasteiger partial charge in [0.05, 0.1) is 6.04 Å². The van der Waals surface area contributed by atoms with Gasteiger partial charge < -0.3 is 15.5 Å². The van der Waals surface area contributed by atoms with Crippen molar-refractivity contribution in [1.82, 2.24) is 15.5 Å². The summed E-state index contributed by atoms with van der Waals surface area (Å²) in [6.07, 6.45) is 3.18. The molecule has 0 spiro atoms. The number of nitrogens with zero attached hydrogens (tertiary/aromatic N) is 1. The Kier molecular flexibility index (Phi) is 7.44. The Balaban J connectivity index is 1.74. The Morgan fingerprint density at radius 3 is 2.16 bits per heavy atom. The minimum atomic E-state index is 0.0146. The van der Waals surface area contributed by atoms with Crippen molar-refractivity contribution in [3.63, 3.8) is 0 Å². The van der Waals surface area contributed by atoms with Crippen LogP contribution in [0, 0.1) is 11.8 Å². The van der Waals surface area contributed by atoms with Gasteiger partial charge in [-0.1, -0.05) is 30.3 Å². The molecule has 1 aliphatic carbocycles. The van der Waals surface area contributed by atoms with E-state index in [1.54, 1.807) is 0 Å². The molecule has 1 saturated carbocycles. The Labute approximate surface area is 151 Å². The van der Waals surface area contributed by atoms with Crippen molar-refractivity contribution in [2.45, 2.75) is 38.6 Å². The first-order valence-corrected chi connectivity index (χ1v) is 9.25. The summed E-state index contributed by atoms with van der Waals surface area (Å²) in [5.41, 5.74) is 1.12. The number of hydrogen-bond acceptors (Lipinski definition) is 3. The second kappa shape index (κ2) is 9.56. The second-order valence-electron chi connectivity index (χ2n) is 7.28. The maximum atomic E-state index is 12.5. The third kappa shape index (κ3) is 6.16. The van der Waals surface area contributed by atoms with Crippen LogP contribution < -0.4 is 10.6 Å². The van der Waals surface area contributed by atoms with Crippen molar-refractivity contribution in [3.05, 3.63) is 35.9 Å². The van der Waals surface area contributed by atoms with Crippen molar-refractivity contribution in [3.8, 4) is 0 Å². The smallest absolute Gasteiger partial charge is 0.223 e. The molecule has 0 bridgehead atoms. The predicted octanol–water partition coefficient (Wildman–Crippen LogP) is 2.35. The summed E-state index contributed by atoms with van der Waals surface area (Å²) in [6.45, 7) is 3.54. The van der Waals surface area contributed by atoms with Gasteiger partial charge in [-0.3, -0.25) is 9.59 Å². The van der Waals surface area contributed by atoms with Crippen LogP contribution in [-0.4, -0.2) is 43.9 Å². The quantitative estimate of drug-likeness (QED) is 0.797. The lowest BCUT2D eigenvalue weighted by molar-refractivity contribution is -0.130. The topological polar surface area (TPSA) is 61.4 Å². The molecule has 2 amide bonds. The molecule has 1 fully saturated rings. The minimum Gasteiger partial charge on any atom is -0.355 e. The SMILES string of the molecule is CC(NC(=O)C1CCC(C(=O)NCCN(C)C)CC1)c1ccccc1. The fourth-order valence-corrected chi connectivity index (χ4v) is 3.32. The minimum absolute atomic E-state index is 0.0146. The van der Waals surface area contributed by atoms with Crippen LogP contribution in [0.25, 0.3) is 0 Å². The van der Waals surface area contributed by atoms with Crippen LogP contribution in [0.15, 0.2) is 30.3 Å². The second-order valence-corrected chi connectivity index (χ2v) is 7.28. The number of nitrogens with one attached hydrogen (secondary N) is 2. The molecule has 5 nitrogen and oxygen atoms in total. The highest BCUT2D eigenvalue weighted by Gasteiger charge is 2.30. The van der Waals surface area contributed by atoms with Crippen molar-refractivity contribution in [2.75, 3.05) is 27.2 Å². The summed E-state index contributed by atoms with van der Waals surface area (Å²) in [7, 11) is 3.98. The number of hydrogen-bond donors (Lipinski definition) is 2. The molecule has 0 radical (unpaired) electrons.